The van der Waals surface area contributed by atoms with E-state index in [0.29, 0.717) is 48.3 Å². The normalized spacial score (nSPS) is 19.1. The standard InChI is InChI=1S/C20H23ClN6O2S/c1-2-22-24-20(23-16-9-7-15(21)8-10-16)26-13-11-17(12-14-26)27-19-6-4-3-5-18(19)25-30(27,28)29/h2-10,17,25H,11-14H2,1H3,(H,23,24)/b22-2+. The van der Waals surface area contributed by atoms with E-state index in [1.165, 1.54) is 4.31 Å². The summed E-state index contributed by atoms with van der Waals surface area (Å²) < 4.78 is 29.5. The molecule has 0 spiro atoms. The van der Waals surface area contributed by atoms with Gasteiger partial charge in [-0.25, -0.2) is 14.7 Å². The van der Waals surface area contributed by atoms with E-state index in [0.717, 1.165) is 5.69 Å². The van der Waals surface area contributed by atoms with Gasteiger partial charge in [-0.2, -0.15) is 13.5 Å². The molecule has 2 aliphatic heterocycles. The lowest BCUT2D eigenvalue weighted by molar-refractivity contribution is 0.307. The predicted octanol–water partition coefficient (Wildman–Crippen LogP) is 3.56. The van der Waals surface area contributed by atoms with Gasteiger partial charge in [0.2, 0.25) is 5.96 Å². The average Bonchev–Trinajstić information content (AvgIpc) is 3.02. The maximum Gasteiger partial charge on any atom is 0.324 e. The van der Waals surface area contributed by atoms with Crippen LogP contribution in [0.4, 0.5) is 17.1 Å². The Hall–Kier alpha value is -2.78. The van der Waals surface area contributed by atoms with E-state index in [4.69, 9.17) is 11.6 Å². The van der Waals surface area contributed by atoms with Gasteiger partial charge in [-0.05, 0) is 56.2 Å². The number of nitrogens with zero attached hydrogens (tertiary/aromatic N) is 4. The van der Waals surface area contributed by atoms with Crippen molar-refractivity contribution < 1.29 is 8.42 Å². The molecule has 2 heterocycles. The summed E-state index contributed by atoms with van der Waals surface area (Å²) >= 11 is 5.96. The van der Waals surface area contributed by atoms with E-state index in [1.54, 1.807) is 24.4 Å². The molecular weight excluding hydrogens is 424 g/mol. The summed E-state index contributed by atoms with van der Waals surface area (Å²) in [4.78, 5) is 6.75. The number of piperidine rings is 1. The molecule has 4 rings (SSSR count). The van der Waals surface area contributed by atoms with Gasteiger partial charge in [0.15, 0.2) is 0 Å². The zero-order chi connectivity index (χ0) is 21.1. The van der Waals surface area contributed by atoms with Crippen molar-refractivity contribution in [2.45, 2.75) is 25.8 Å². The Bertz CT molecular complexity index is 1060. The van der Waals surface area contributed by atoms with Crippen LogP contribution in [-0.2, 0) is 10.2 Å². The van der Waals surface area contributed by atoms with Crippen LogP contribution in [0.25, 0.3) is 0 Å². The van der Waals surface area contributed by atoms with Crippen molar-refractivity contribution in [1.82, 2.24) is 10.3 Å². The molecule has 0 radical (unpaired) electrons. The average molecular weight is 447 g/mol. The molecule has 2 N–H and O–H groups in total. The fourth-order valence-electron chi connectivity index (χ4n) is 3.70. The molecule has 0 aliphatic carbocycles. The summed E-state index contributed by atoms with van der Waals surface area (Å²) in [7, 11) is -3.57. The molecule has 1 saturated heterocycles. The maximum absolute atomic E-state index is 12.7. The predicted molar refractivity (Wildman–Crippen MR) is 122 cm³/mol. The Morgan fingerprint density at radius 2 is 1.87 bits per heavy atom. The number of hydrogen-bond donors (Lipinski definition) is 2. The van der Waals surface area contributed by atoms with Crippen LogP contribution in [0.1, 0.15) is 19.8 Å². The number of hydrazone groups is 1. The van der Waals surface area contributed by atoms with E-state index >= 15 is 0 Å². The number of guanidine groups is 1. The Labute approximate surface area is 181 Å². The lowest BCUT2D eigenvalue weighted by Gasteiger charge is -2.37. The van der Waals surface area contributed by atoms with Crippen LogP contribution < -0.4 is 14.5 Å². The molecule has 2 aromatic rings. The first-order valence-electron chi connectivity index (χ1n) is 9.72. The molecule has 10 heteroatoms. The van der Waals surface area contributed by atoms with Gasteiger partial charge in [-0.1, -0.05) is 23.7 Å². The quantitative estimate of drug-likeness (QED) is 0.428. The van der Waals surface area contributed by atoms with Crippen molar-refractivity contribution in [2.75, 3.05) is 22.1 Å². The summed E-state index contributed by atoms with van der Waals surface area (Å²) in [6.07, 6.45) is 3.00. The third-order valence-corrected chi connectivity index (χ3v) is 6.83. The zero-order valence-electron chi connectivity index (χ0n) is 16.5. The largest absolute Gasteiger partial charge is 0.341 e. The molecule has 2 aliphatic rings. The van der Waals surface area contributed by atoms with Gasteiger partial charge in [0, 0.05) is 24.3 Å². The highest BCUT2D eigenvalue weighted by atomic mass is 35.5. The van der Waals surface area contributed by atoms with Gasteiger partial charge in [0.25, 0.3) is 0 Å². The van der Waals surface area contributed by atoms with Gasteiger partial charge >= 0.3 is 10.2 Å². The zero-order valence-corrected chi connectivity index (χ0v) is 18.1. The number of fused-ring (bicyclic) bond motifs is 1. The number of para-hydroxylation sites is 2. The van der Waals surface area contributed by atoms with Crippen LogP contribution in [0.3, 0.4) is 0 Å². The number of likely N-dealkylation sites (tertiary alicyclic amines) is 1. The third kappa shape index (κ3) is 4.22. The molecule has 158 valence electrons. The fraction of sp³-hybridized carbons (Fsp3) is 0.300. The molecule has 0 atom stereocenters. The summed E-state index contributed by atoms with van der Waals surface area (Å²) in [5, 5.41) is 4.77. The first-order valence-corrected chi connectivity index (χ1v) is 11.5. The molecule has 1 fully saturated rings. The number of hydrogen-bond acceptors (Lipinski definition) is 4. The highest BCUT2D eigenvalue weighted by molar-refractivity contribution is 7.94. The minimum atomic E-state index is -3.57. The summed E-state index contributed by atoms with van der Waals surface area (Å²) in [6, 6.07) is 14.4. The molecule has 0 unspecified atom stereocenters. The van der Waals surface area contributed by atoms with Crippen LogP contribution in [0, 0.1) is 0 Å². The molecule has 8 nitrogen and oxygen atoms in total. The summed E-state index contributed by atoms with van der Waals surface area (Å²) in [5.74, 6) is 0.622. The summed E-state index contributed by atoms with van der Waals surface area (Å²) in [5.41, 5.74) is 5.08. The van der Waals surface area contributed by atoms with Crippen molar-refractivity contribution in [1.29, 1.82) is 0 Å². The molecule has 0 bridgehead atoms. The Balaban J connectivity index is 1.51. The van der Waals surface area contributed by atoms with Gasteiger partial charge in [-0.15, -0.1) is 0 Å². The second-order valence-electron chi connectivity index (χ2n) is 7.05. The Morgan fingerprint density at radius 3 is 2.57 bits per heavy atom. The smallest absolute Gasteiger partial charge is 0.324 e. The van der Waals surface area contributed by atoms with Crippen molar-refractivity contribution in [3.63, 3.8) is 0 Å². The van der Waals surface area contributed by atoms with Gasteiger partial charge in [-0.3, -0.25) is 4.72 Å². The van der Waals surface area contributed by atoms with Crippen LogP contribution >= 0.6 is 11.6 Å². The van der Waals surface area contributed by atoms with E-state index in [9.17, 15) is 8.42 Å². The monoisotopic (exact) mass is 446 g/mol. The third-order valence-electron chi connectivity index (χ3n) is 5.09. The van der Waals surface area contributed by atoms with Crippen LogP contribution in [-0.4, -0.2) is 44.6 Å². The Kier molecular flexibility index (Phi) is 5.83. The van der Waals surface area contributed by atoms with Crippen LogP contribution in [0.15, 0.2) is 58.6 Å². The highest BCUT2D eigenvalue weighted by Crippen LogP contribution is 2.38. The number of rotatable bonds is 3. The minimum absolute atomic E-state index is 0.117. The lowest BCUT2D eigenvalue weighted by Crippen LogP contribution is -2.50. The van der Waals surface area contributed by atoms with Crippen LogP contribution in [0.2, 0.25) is 5.02 Å². The summed E-state index contributed by atoms with van der Waals surface area (Å²) in [6.45, 7) is 3.12. The first-order chi connectivity index (χ1) is 14.5. The Morgan fingerprint density at radius 1 is 1.17 bits per heavy atom. The van der Waals surface area contributed by atoms with Gasteiger partial charge < -0.3 is 4.90 Å². The lowest BCUT2D eigenvalue weighted by atomic mass is 10.0. The molecular formula is C20H23ClN6O2S. The SMILES string of the molecule is C/C=N/NC(=Nc1ccc(Cl)cc1)N1CCC(N2c3ccccc3NS2(=O)=O)CC1. The van der Waals surface area contributed by atoms with Crippen molar-refractivity contribution in [3.8, 4) is 0 Å². The van der Waals surface area contributed by atoms with Crippen LogP contribution in [0.5, 0.6) is 0 Å². The second kappa shape index (κ2) is 8.53. The second-order valence-corrected chi connectivity index (χ2v) is 9.03. The maximum atomic E-state index is 12.7. The van der Waals surface area contributed by atoms with E-state index in [2.05, 4.69) is 25.1 Å². The number of halogens is 1. The topological polar surface area (TPSA) is 89.4 Å². The molecule has 2 aromatic carbocycles. The minimum Gasteiger partial charge on any atom is -0.341 e. The highest BCUT2D eigenvalue weighted by Gasteiger charge is 2.39. The van der Waals surface area contributed by atoms with E-state index < -0.39 is 10.2 Å². The molecule has 0 saturated carbocycles. The number of aliphatic imine (C=N–C) groups is 1. The van der Waals surface area contributed by atoms with E-state index in [1.807, 2.05) is 37.3 Å². The van der Waals surface area contributed by atoms with Gasteiger partial charge in [0.1, 0.15) is 0 Å². The van der Waals surface area contributed by atoms with Crippen molar-refractivity contribution in [3.05, 3.63) is 53.6 Å². The van der Waals surface area contributed by atoms with Crippen molar-refractivity contribution in [2.24, 2.45) is 10.1 Å². The fourth-order valence-corrected chi connectivity index (χ4v) is 5.40. The number of benzene rings is 2. The molecule has 30 heavy (non-hydrogen) atoms. The molecule has 0 aromatic heterocycles. The van der Waals surface area contributed by atoms with E-state index in [-0.39, 0.29) is 6.04 Å². The first kappa shape index (κ1) is 20.5. The number of anilines is 2. The molecule has 0 amide bonds. The van der Waals surface area contributed by atoms with Crippen molar-refractivity contribution >= 4 is 51.0 Å². The number of nitrogens with one attached hydrogen (secondary N) is 2. The van der Waals surface area contributed by atoms with Gasteiger partial charge in [0.05, 0.1) is 23.1 Å².